The average Bonchev–Trinajstić information content (AvgIpc) is 2.61. The lowest BCUT2D eigenvalue weighted by atomic mass is 10.1. The van der Waals surface area contributed by atoms with E-state index in [4.69, 9.17) is 9.47 Å². The third-order valence-electron chi connectivity index (χ3n) is 4.19. The molecule has 152 valence electrons. The van der Waals surface area contributed by atoms with Gasteiger partial charge in [-0.2, -0.15) is 0 Å². The quantitative estimate of drug-likeness (QED) is 0.625. The Morgan fingerprint density at radius 3 is 2.04 bits per heavy atom. The molecule has 28 heavy (non-hydrogen) atoms. The van der Waals surface area contributed by atoms with Gasteiger partial charge in [0.05, 0.1) is 23.8 Å². The molecule has 0 saturated heterocycles. The van der Waals surface area contributed by atoms with Crippen molar-refractivity contribution >= 4 is 21.7 Å². The number of nitrogens with zero attached hydrogens (tertiary/aromatic N) is 1. The molecule has 7 heteroatoms. The monoisotopic (exact) mass is 405 g/mol. The van der Waals surface area contributed by atoms with E-state index in [0.29, 0.717) is 18.0 Å². The van der Waals surface area contributed by atoms with Gasteiger partial charge in [0.1, 0.15) is 12.3 Å². The minimum Gasteiger partial charge on any atom is -0.494 e. The molecule has 2 aromatic rings. The second kappa shape index (κ2) is 9.10. The van der Waals surface area contributed by atoms with Crippen molar-refractivity contribution in [3.05, 3.63) is 53.1 Å². The summed E-state index contributed by atoms with van der Waals surface area (Å²) in [6.45, 7) is 9.43. The number of hydrogen-bond donors (Lipinski definition) is 0. The van der Waals surface area contributed by atoms with E-state index in [2.05, 4.69) is 0 Å². The molecule has 0 heterocycles. The van der Waals surface area contributed by atoms with E-state index in [1.54, 1.807) is 19.1 Å². The topological polar surface area (TPSA) is 72.9 Å². The molecule has 0 radical (unpaired) electrons. The van der Waals surface area contributed by atoms with E-state index in [-0.39, 0.29) is 11.5 Å². The van der Waals surface area contributed by atoms with Crippen molar-refractivity contribution in [1.82, 2.24) is 0 Å². The second-order valence-electron chi connectivity index (χ2n) is 6.47. The summed E-state index contributed by atoms with van der Waals surface area (Å²) in [5.74, 6) is -0.0162. The van der Waals surface area contributed by atoms with Gasteiger partial charge in [0.15, 0.2) is 0 Å². The van der Waals surface area contributed by atoms with E-state index in [1.165, 1.54) is 12.1 Å². The minimum atomic E-state index is -3.98. The third kappa shape index (κ3) is 4.84. The van der Waals surface area contributed by atoms with Crippen molar-refractivity contribution in [2.45, 2.75) is 39.5 Å². The van der Waals surface area contributed by atoms with E-state index in [1.807, 2.05) is 39.8 Å². The van der Waals surface area contributed by atoms with Crippen molar-refractivity contribution in [3.63, 3.8) is 0 Å². The summed E-state index contributed by atoms with van der Waals surface area (Å²) in [6, 6.07) is 9.97. The summed E-state index contributed by atoms with van der Waals surface area (Å²) >= 11 is 0. The molecule has 2 aromatic carbocycles. The molecule has 0 aliphatic heterocycles. The number of benzene rings is 2. The average molecular weight is 406 g/mol. The Bertz CT molecular complexity index is 913. The van der Waals surface area contributed by atoms with E-state index < -0.39 is 22.5 Å². The molecule has 0 unspecified atom stereocenters. The van der Waals surface area contributed by atoms with Gasteiger partial charge in [0.25, 0.3) is 10.0 Å². The fourth-order valence-electron chi connectivity index (χ4n) is 3.18. The number of ether oxygens (including phenoxy) is 2. The zero-order chi connectivity index (χ0) is 20.9. The van der Waals surface area contributed by atoms with Gasteiger partial charge in [-0.25, -0.2) is 8.42 Å². The Hall–Kier alpha value is -2.54. The number of aryl methyl sites for hydroxylation is 3. The molecule has 0 saturated carbocycles. The predicted octanol–water partition coefficient (Wildman–Crippen LogP) is 3.77. The maximum Gasteiger partial charge on any atom is 0.326 e. The lowest BCUT2D eigenvalue weighted by Gasteiger charge is -2.27. The molecule has 6 nitrogen and oxygen atoms in total. The third-order valence-corrected chi connectivity index (χ3v) is 5.95. The van der Waals surface area contributed by atoms with Crippen LogP contribution in [0.3, 0.4) is 0 Å². The van der Waals surface area contributed by atoms with Gasteiger partial charge < -0.3 is 9.47 Å². The molecule has 0 fully saturated rings. The van der Waals surface area contributed by atoms with Gasteiger partial charge >= 0.3 is 5.97 Å². The zero-order valence-corrected chi connectivity index (χ0v) is 17.8. The van der Waals surface area contributed by atoms with Gasteiger partial charge in [0, 0.05) is 0 Å². The van der Waals surface area contributed by atoms with Gasteiger partial charge in [-0.15, -0.1) is 0 Å². The zero-order valence-electron chi connectivity index (χ0n) is 17.0. The summed E-state index contributed by atoms with van der Waals surface area (Å²) < 4.78 is 38.3. The van der Waals surface area contributed by atoms with Crippen molar-refractivity contribution in [3.8, 4) is 5.75 Å². The fourth-order valence-corrected chi connectivity index (χ4v) is 4.71. The maximum atomic E-state index is 13.4. The van der Waals surface area contributed by atoms with Gasteiger partial charge in [-0.1, -0.05) is 17.7 Å². The Morgan fingerprint density at radius 2 is 1.54 bits per heavy atom. The highest BCUT2D eigenvalue weighted by Gasteiger charge is 2.30. The van der Waals surface area contributed by atoms with Crippen LogP contribution in [0.25, 0.3) is 0 Å². The number of carbonyl (C=O) groups is 1. The van der Waals surface area contributed by atoms with Crippen LogP contribution in [0, 0.1) is 20.8 Å². The molecule has 0 spiro atoms. The van der Waals surface area contributed by atoms with Crippen LogP contribution in [0.2, 0.25) is 0 Å². The van der Waals surface area contributed by atoms with E-state index in [9.17, 15) is 13.2 Å². The molecule has 0 aliphatic carbocycles. The summed E-state index contributed by atoms with van der Waals surface area (Å²) in [6.07, 6.45) is 0. The fraction of sp³-hybridized carbons (Fsp3) is 0.381. The molecule has 2 rings (SSSR count). The standard InChI is InChI=1S/C21H27NO5S/c1-6-26-18-8-10-19(11-9-18)28(24,25)22(14-20(23)27-7-2)21-16(4)12-15(3)13-17(21)5/h8-13H,6-7,14H2,1-5H3. The van der Waals surface area contributed by atoms with Gasteiger partial charge in [0.2, 0.25) is 0 Å². The van der Waals surface area contributed by atoms with Crippen LogP contribution >= 0.6 is 0 Å². The van der Waals surface area contributed by atoms with Gasteiger partial charge in [-0.3, -0.25) is 9.10 Å². The predicted molar refractivity (Wildman–Crippen MR) is 109 cm³/mol. The minimum absolute atomic E-state index is 0.0830. The molecule has 0 atom stereocenters. The van der Waals surface area contributed by atoms with E-state index in [0.717, 1.165) is 21.0 Å². The first kappa shape index (κ1) is 21.8. The summed E-state index contributed by atoms with van der Waals surface area (Å²) in [7, 11) is -3.98. The highest BCUT2D eigenvalue weighted by molar-refractivity contribution is 7.92. The first-order valence-corrected chi connectivity index (χ1v) is 10.6. The number of rotatable bonds is 8. The normalized spacial score (nSPS) is 11.2. The van der Waals surface area contributed by atoms with Crippen LogP contribution in [-0.2, 0) is 19.6 Å². The molecule has 0 amide bonds. The first-order chi connectivity index (χ1) is 13.2. The Balaban J connectivity index is 2.56. The molecule has 0 aromatic heterocycles. The van der Waals surface area contributed by atoms with Crippen molar-refractivity contribution in [2.75, 3.05) is 24.1 Å². The maximum absolute atomic E-state index is 13.4. The number of esters is 1. The van der Waals surface area contributed by atoms with Crippen LogP contribution in [0.5, 0.6) is 5.75 Å². The Kier molecular flexibility index (Phi) is 7.07. The highest BCUT2D eigenvalue weighted by Crippen LogP contribution is 2.31. The Morgan fingerprint density at radius 1 is 0.964 bits per heavy atom. The Labute approximate surface area is 167 Å². The van der Waals surface area contributed by atoms with Crippen LogP contribution in [0.15, 0.2) is 41.3 Å². The van der Waals surface area contributed by atoms with Crippen molar-refractivity contribution in [1.29, 1.82) is 0 Å². The highest BCUT2D eigenvalue weighted by atomic mass is 32.2. The number of carbonyl (C=O) groups excluding carboxylic acids is 1. The number of hydrogen-bond acceptors (Lipinski definition) is 5. The van der Waals surface area contributed by atoms with Crippen LogP contribution < -0.4 is 9.04 Å². The van der Waals surface area contributed by atoms with Crippen LogP contribution in [0.4, 0.5) is 5.69 Å². The molecule has 0 N–H and O–H groups in total. The van der Waals surface area contributed by atoms with Crippen LogP contribution in [0.1, 0.15) is 30.5 Å². The summed E-state index contributed by atoms with van der Waals surface area (Å²) in [5, 5.41) is 0. The summed E-state index contributed by atoms with van der Waals surface area (Å²) in [4.78, 5) is 12.3. The molecule has 0 aliphatic rings. The SMILES string of the molecule is CCOC(=O)CN(c1c(C)cc(C)cc1C)S(=O)(=O)c1ccc(OCC)cc1. The second-order valence-corrected chi connectivity index (χ2v) is 8.33. The first-order valence-electron chi connectivity index (χ1n) is 9.19. The smallest absolute Gasteiger partial charge is 0.326 e. The molecular weight excluding hydrogens is 378 g/mol. The molecule has 0 bridgehead atoms. The number of anilines is 1. The van der Waals surface area contributed by atoms with Gasteiger partial charge in [-0.05, 0) is 70.0 Å². The largest absolute Gasteiger partial charge is 0.494 e. The summed E-state index contributed by atoms with van der Waals surface area (Å²) in [5.41, 5.74) is 3.06. The molecular formula is C21H27NO5S. The lowest BCUT2D eigenvalue weighted by molar-refractivity contribution is -0.141. The number of sulfonamides is 1. The van der Waals surface area contributed by atoms with Crippen molar-refractivity contribution in [2.24, 2.45) is 0 Å². The van der Waals surface area contributed by atoms with Crippen molar-refractivity contribution < 1.29 is 22.7 Å². The lowest BCUT2D eigenvalue weighted by Crippen LogP contribution is -2.37. The van der Waals surface area contributed by atoms with E-state index >= 15 is 0 Å². The van der Waals surface area contributed by atoms with Crippen LogP contribution in [-0.4, -0.2) is 34.1 Å².